The zero-order chi connectivity index (χ0) is 14.0. The van der Waals surface area contributed by atoms with Gasteiger partial charge in [-0.1, -0.05) is 6.92 Å². The Bertz CT molecular complexity index is 557. The molecule has 0 saturated carbocycles. The molecule has 0 radical (unpaired) electrons. The average molecular weight is 269 g/mol. The van der Waals surface area contributed by atoms with Crippen LogP contribution in [0.25, 0.3) is 0 Å². The molecule has 0 amide bonds. The van der Waals surface area contributed by atoms with E-state index in [1.807, 2.05) is 6.92 Å². The minimum Gasteiger partial charge on any atom is -0.305 e. The maximum absolute atomic E-state index is 13.3. The predicted molar refractivity (Wildman–Crippen MR) is 65.0 cm³/mol. The van der Waals surface area contributed by atoms with Gasteiger partial charge in [0.1, 0.15) is 0 Å². The molecule has 0 saturated heterocycles. The predicted octanol–water partition coefficient (Wildman–Crippen LogP) is 2.54. The first kappa shape index (κ1) is 13.6. The molecule has 2 rings (SSSR count). The zero-order valence-corrected chi connectivity index (χ0v) is 10.6. The first-order valence-electron chi connectivity index (χ1n) is 5.90. The molecule has 0 bridgehead atoms. The Kier molecular flexibility index (Phi) is 3.90. The quantitative estimate of drug-likeness (QED) is 0.864. The Morgan fingerprint density at radius 2 is 1.89 bits per heavy atom. The van der Waals surface area contributed by atoms with Crippen molar-refractivity contribution in [2.24, 2.45) is 7.05 Å². The number of benzene rings is 1. The van der Waals surface area contributed by atoms with Gasteiger partial charge in [-0.2, -0.15) is 5.10 Å². The van der Waals surface area contributed by atoms with Crippen molar-refractivity contribution in [3.05, 3.63) is 53.1 Å². The Morgan fingerprint density at radius 3 is 2.37 bits per heavy atom. The molecule has 0 spiro atoms. The Balaban J connectivity index is 2.44. The molecule has 2 aromatic rings. The van der Waals surface area contributed by atoms with Crippen molar-refractivity contribution >= 4 is 0 Å². The summed E-state index contributed by atoms with van der Waals surface area (Å²) >= 11 is 0. The average Bonchev–Trinajstić information content (AvgIpc) is 2.79. The summed E-state index contributed by atoms with van der Waals surface area (Å²) in [5, 5.41) is 7.27. The number of aromatic nitrogens is 2. The van der Waals surface area contributed by atoms with Gasteiger partial charge < -0.3 is 5.32 Å². The van der Waals surface area contributed by atoms with E-state index in [-0.39, 0.29) is 0 Å². The topological polar surface area (TPSA) is 29.9 Å². The van der Waals surface area contributed by atoms with E-state index >= 15 is 0 Å². The van der Waals surface area contributed by atoms with Crippen LogP contribution in [0.15, 0.2) is 24.4 Å². The SMILES string of the molecule is CCNC(c1cc(F)c(F)c(F)c1)c1ccn(C)n1. The zero-order valence-electron chi connectivity index (χ0n) is 10.6. The van der Waals surface area contributed by atoms with Crippen LogP contribution in [0.2, 0.25) is 0 Å². The second kappa shape index (κ2) is 5.44. The molecule has 1 aromatic heterocycles. The van der Waals surface area contributed by atoms with Gasteiger partial charge in [-0.15, -0.1) is 0 Å². The van der Waals surface area contributed by atoms with Crippen molar-refractivity contribution in [1.29, 1.82) is 0 Å². The van der Waals surface area contributed by atoms with Gasteiger partial charge in [0.15, 0.2) is 17.5 Å². The van der Waals surface area contributed by atoms with Crippen molar-refractivity contribution in [2.75, 3.05) is 6.54 Å². The van der Waals surface area contributed by atoms with E-state index in [1.165, 1.54) is 0 Å². The van der Waals surface area contributed by atoms with Crippen molar-refractivity contribution in [1.82, 2.24) is 15.1 Å². The maximum Gasteiger partial charge on any atom is 0.194 e. The van der Waals surface area contributed by atoms with Crippen molar-refractivity contribution in [3.8, 4) is 0 Å². The summed E-state index contributed by atoms with van der Waals surface area (Å²) in [6, 6.07) is 3.24. The standard InChI is InChI=1S/C13H14F3N3/c1-3-17-13(11-4-5-19(2)18-11)8-6-9(14)12(16)10(15)7-8/h4-7,13,17H,3H2,1-2H3. The Morgan fingerprint density at radius 1 is 1.26 bits per heavy atom. The van der Waals surface area contributed by atoms with Crippen molar-refractivity contribution < 1.29 is 13.2 Å². The smallest absolute Gasteiger partial charge is 0.194 e. The number of hydrogen-bond donors (Lipinski definition) is 1. The summed E-state index contributed by atoms with van der Waals surface area (Å²) in [6.07, 6.45) is 1.73. The Labute approximate surface area is 109 Å². The van der Waals surface area contributed by atoms with Crippen LogP contribution in [0.3, 0.4) is 0 Å². The van der Waals surface area contributed by atoms with Gasteiger partial charge in [0.2, 0.25) is 0 Å². The lowest BCUT2D eigenvalue weighted by atomic mass is 10.0. The highest BCUT2D eigenvalue weighted by Gasteiger charge is 2.20. The monoisotopic (exact) mass is 269 g/mol. The van der Waals surface area contributed by atoms with Crippen LogP contribution in [0.1, 0.15) is 24.2 Å². The number of nitrogens with zero attached hydrogens (tertiary/aromatic N) is 2. The molecule has 1 N–H and O–H groups in total. The molecule has 0 aliphatic heterocycles. The van der Waals surface area contributed by atoms with Crippen LogP contribution in [0.5, 0.6) is 0 Å². The van der Waals surface area contributed by atoms with Gasteiger partial charge in [0.05, 0.1) is 11.7 Å². The fourth-order valence-electron chi connectivity index (χ4n) is 1.93. The van der Waals surface area contributed by atoms with Crippen LogP contribution in [0, 0.1) is 17.5 Å². The van der Waals surface area contributed by atoms with Gasteiger partial charge in [-0.25, -0.2) is 13.2 Å². The Hall–Kier alpha value is -1.82. The molecule has 1 aromatic carbocycles. The third-order valence-corrected chi connectivity index (χ3v) is 2.78. The second-order valence-corrected chi connectivity index (χ2v) is 4.20. The molecule has 6 heteroatoms. The molecule has 0 aliphatic rings. The largest absolute Gasteiger partial charge is 0.305 e. The number of aryl methyl sites for hydroxylation is 1. The molecule has 1 heterocycles. The van der Waals surface area contributed by atoms with Gasteiger partial charge in [0.25, 0.3) is 0 Å². The first-order chi connectivity index (χ1) is 9.02. The van der Waals surface area contributed by atoms with Gasteiger partial charge in [-0.3, -0.25) is 4.68 Å². The van der Waals surface area contributed by atoms with E-state index in [1.54, 1.807) is 24.0 Å². The molecule has 1 atom stereocenters. The van der Waals surface area contributed by atoms with E-state index < -0.39 is 23.5 Å². The third kappa shape index (κ3) is 2.78. The van der Waals surface area contributed by atoms with Crippen molar-refractivity contribution in [2.45, 2.75) is 13.0 Å². The summed E-state index contributed by atoms with van der Waals surface area (Å²) in [5.74, 6) is -3.86. The highest BCUT2D eigenvalue weighted by Crippen LogP contribution is 2.24. The van der Waals surface area contributed by atoms with Crippen LogP contribution in [0.4, 0.5) is 13.2 Å². The molecule has 0 aliphatic carbocycles. The molecule has 3 nitrogen and oxygen atoms in total. The molecule has 0 fully saturated rings. The van der Waals surface area contributed by atoms with Crippen LogP contribution >= 0.6 is 0 Å². The van der Waals surface area contributed by atoms with E-state index in [4.69, 9.17) is 0 Å². The lowest BCUT2D eigenvalue weighted by Gasteiger charge is -2.16. The highest BCUT2D eigenvalue weighted by molar-refractivity contribution is 5.29. The molecule has 19 heavy (non-hydrogen) atoms. The molecular weight excluding hydrogens is 255 g/mol. The summed E-state index contributed by atoms with van der Waals surface area (Å²) in [4.78, 5) is 0. The number of nitrogens with one attached hydrogen (secondary N) is 1. The second-order valence-electron chi connectivity index (χ2n) is 4.20. The van der Waals surface area contributed by atoms with E-state index in [9.17, 15) is 13.2 Å². The minimum absolute atomic E-state index is 0.303. The molecule has 102 valence electrons. The van der Waals surface area contributed by atoms with Crippen molar-refractivity contribution in [3.63, 3.8) is 0 Å². The third-order valence-electron chi connectivity index (χ3n) is 2.78. The first-order valence-corrected chi connectivity index (χ1v) is 5.90. The summed E-state index contributed by atoms with van der Waals surface area (Å²) in [5.41, 5.74) is 0.923. The summed E-state index contributed by atoms with van der Waals surface area (Å²) in [7, 11) is 1.75. The summed E-state index contributed by atoms with van der Waals surface area (Å²) in [6.45, 7) is 2.45. The summed E-state index contributed by atoms with van der Waals surface area (Å²) < 4.78 is 41.2. The maximum atomic E-state index is 13.3. The highest BCUT2D eigenvalue weighted by atomic mass is 19.2. The van der Waals surface area contributed by atoms with Gasteiger partial charge in [0, 0.05) is 13.2 Å². The van der Waals surface area contributed by atoms with E-state index in [2.05, 4.69) is 10.4 Å². The fourth-order valence-corrected chi connectivity index (χ4v) is 1.93. The lowest BCUT2D eigenvalue weighted by Crippen LogP contribution is -2.23. The normalized spacial score (nSPS) is 12.7. The number of rotatable bonds is 4. The van der Waals surface area contributed by atoms with Crippen LogP contribution in [-0.2, 0) is 7.05 Å². The number of hydrogen-bond acceptors (Lipinski definition) is 2. The van der Waals surface area contributed by atoms with E-state index in [0.717, 1.165) is 12.1 Å². The van der Waals surface area contributed by atoms with Crippen LogP contribution in [-0.4, -0.2) is 16.3 Å². The molecule has 1 unspecified atom stereocenters. The van der Waals surface area contributed by atoms with Gasteiger partial charge in [-0.05, 0) is 30.3 Å². The number of halogens is 3. The van der Waals surface area contributed by atoms with E-state index in [0.29, 0.717) is 17.8 Å². The fraction of sp³-hybridized carbons (Fsp3) is 0.308. The molecular formula is C13H14F3N3. The van der Waals surface area contributed by atoms with Crippen LogP contribution < -0.4 is 5.32 Å². The minimum atomic E-state index is -1.46. The lowest BCUT2D eigenvalue weighted by molar-refractivity contribution is 0.442. The van der Waals surface area contributed by atoms with Gasteiger partial charge >= 0.3 is 0 Å².